The Balaban J connectivity index is 2.24. The zero-order valence-electron chi connectivity index (χ0n) is 9.36. The molecule has 3 nitrogen and oxygen atoms in total. The first-order valence-corrected chi connectivity index (χ1v) is 5.29. The van der Waals surface area contributed by atoms with Gasteiger partial charge in [-0.1, -0.05) is 31.2 Å². The van der Waals surface area contributed by atoms with E-state index < -0.39 is 5.97 Å². The first kappa shape index (κ1) is 10.9. The molecule has 16 heavy (non-hydrogen) atoms. The number of carbonyl (C=O) groups excluding carboxylic acids is 1. The minimum atomic E-state index is -0.738. The van der Waals surface area contributed by atoms with E-state index >= 15 is 0 Å². The normalized spacial score (nSPS) is 27.5. The van der Waals surface area contributed by atoms with Crippen molar-refractivity contribution in [2.75, 3.05) is 0 Å². The van der Waals surface area contributed by atoms with Crippen LogP contribution in [0.25, 0.3) is 0 Å². The van der Waals surface area contributed by atoms with E-state index in [2.05, 4.69) is 0 Å². The van der Waals surface area contributed by atoms with Crippen molar-refractivity contribution < 1.29 is 14.7 Å². The van der Waals surface area contributed by atoms with Crippen molar-refractivity contribution in [3.05, 3.63) is 35.4 Å². The van der Waals surface area contributed by atoms with E-state index in [-0.39, 0.29) is 17.1 Å². The van der Waals surface area contributed by atoms with Crippen molar-refractivity contribution in [2.24, 2.45) is 5.92 Å². The fourth-order valence-corrected chi connectivity index (χ4v) is 2.13. The number of hydrogen-bond acceptors (Lipinski definition) is 2. The summed E-state index contributed by atoms with van der Waals surface area (Å²) in [5.41, 5.74) is 1.42. The molecule has 1 saturated carbocycles. The Hall–Kier alpha value is -1.64. The smallest absolute Gasteiger partial charge is 0.307 e. The Kier molecular flexibility index (Phi) is 2.34. The van der Waals surface area contributed by atoms with Crippen LogP contribution in [0.2, 0.25) is 0 Å². The van der Waals surface area contributed by atoms with Gasteiger partial charge < -0.3 is 5.11 Å². The SMILES string of the molecule is CC(=O)c1ccc([C@@]2(C)C[C@@H]2C(=O)O)cc1. The van der Waals surface area contributed by atoms with Crippen LogP contribution in [0.1, 0.15) is 36.2 Å². The highest BCUT2D eigenvalue weighted by atomic mass is 16.4. The molecule has 1 aliphatic carbocycles. The zero-order chi connectivity index (χ0) is 11.9. The predicted octanol–water partition coefficient (Wildman–Crippen LogP) is 2.25. The van der Waals surface area contributed by atoms with E-state index in [1.165, 1.54) is 6.92 Å². The average Bonchev–Trinajstić information content (AvgIpc) is 2.93. The Morgan fingerprint density at radius 1 is 1.31 bits per heavy atom. The van der Waals surface area contributed by atoms with Gasteiger partial charge >= 0.3 is 5.97 Å². The number of rotatable bonds is 3. The Morgan fingerprint density at radius 2 is 1.88 bits per heavy atom. The molecule has 0 radical (unpaired) electrons. The molecule has 0 saturated heterocycles. The molecule has 1 fully saturated rings. The van der Waals surface area contributed by atoms with Crippen molar-refractivity contribution >= 4 is 11.8 Å². The second-order valence-electron chi connectivity index (χ2n) is 4.65. The highest BCUT2D eigenvalue weighted by Crippen LogP contribution is 2.53. The number of ketones is 1. The van der Waals surface area contributed by atoms with Crippen molar-refractivity contribution in [1.29, 1.82) is 0 Å². The highest BCUT2D eigenvalue weighted by Gasteiger charge is 2.55. The number of carboxylic acid groups (broad SMARTS) is 1. The van der Waals surface area contributed by atoms with Crippen molar-refractivity contribution in [1.82, 2.24) is 0 Å². The summed E-state index contributed by atoms with van der Waals surface area (Å²) < 4.78 is 0. The van der Waals surface area contributed by atoms with Crippen molar-refractivity contribution in [3.63, 3.8) is 0 Å². The fourth-order valence-electron chi connectivity index (χ4n) is 2.13. The minimum absolute atomic E-state index is 0.0299. The van der Waals surface area contributed by atoms with Crippen LogP contribution >= 0.6 is 0 Å². The van der Waals surface area contributed by atoms with Gasteiger partial charge in [-0.25, -0.2) is 0 Å². The number of aliphatic carboxylic acids is 1. The number of hydrogen-bond donors (Lipinski definition) is 1. The van der Waals surface area contributed by atoms with Gasteiger partial charge in [-0.3, -0.25) is 9.59 Å². The molecule has 1 aliphatic rings. The van der Waals surface area contributed by atoms with Crippen LogP contribution in [0.5, 0.6) is 0 Å². The third-order valence-corrected chi connectivity index (χ3v) is 3.49. The van der Waals surface area contributed by atoms with Crippen LogP contribution in [0.4, 0.5) is 0 Å². The van der Waals surface area contributed by atoms with Crippen LogP contribution in [0.15, 0.2) is 24.3 Å². The maximum absolute atomic E-state index is 11.1. The molecule has 2 rings (SSSR count). The molecule has 0 heterocycles. The first-order valence-electron chi connectivity index (χ1n) is 5.29. The molecule has 1 aromatic carbocycles. The van der Waals surface area contributed by atoms with Gasteiger partial charge in [-0.15, -0.1) is 0 Å². The first-order chi connectivity index (χ1) is 7.45. The molecule has 2 atom stereocenters. The van der Waals surface area contributed by atoms with Gasteiger partial charge in [0.1, 0.15) is 0 Å². The molecule has 0 amide bonds. The number of carboxylic acids is 1. The third-order valence-electron chi connectivity index (χ3n) is 3.49. The summed E-state index contributed by atoms with van der Waals surface area (Å²) in [4.78, 5) is 22.0. The lowest BCUT2D eigenvalue weighted by Crippen LogP contribution is -2.11. The Bertz CT molecular complexity index is 447. The maximum Gasteiger partial charge on any atom is 0.307 e. The van der Waals surface area contributed by atoms with Crippen LogP contribution in [0.3, 0.4) is 0 Å². The molecule has 0 bridgehead atoms. The lowest BCUT2D eigenvalue weighted by molar-refractivity contribution is -0.138. The lowest BCUT2D eigenvalue weighted by atomic mass is 9.94. The number of carbonyl (C=O) groups is 2. The van der Waals surface area contributed by atoms with Crippen LogP contribution in [-0.2, 0) is 10.2 Å². The molecular weight excluding hydrogens is 204 g/mol. The van der Waals surface area contributed by atoms with Gasteiger partial charge in [0, 0.05) is 11.0 Å². The van der Waals surface area contributed by atoms with E-state index in [1.54, 1.807) is 12.1 Å². The van der Waals surface area contributed by atoms with Crippen molar-refractivity contribution in [2.45, 2.75) is 25.7 Å². The number of benzene rings is 1. The molecule has 1 aromatic rings. The Morgan fingerprint density at radius 3 is 2.25 bits per heavy atom. The van der Waals surface area contributed by atoms with Crippen molar-refractivity contribution in [3.8, 4) is 0 Å². The standard InChI is InChI=1S/C13H14O3/c1-8(14)9-3-5-10(6-4-9)13(2)7-11(13)12(15)16/h3-6,11H,7H2,1-2H3,(H,15,16)/t11-,13-/m1/s1. The molecule has 0 aliphatic heterocycles. The van der Waals surface area contributed by atoms with E-state index in [9.17, 15) is 9.59 Å². The van der Waals surface area contributed by atoms with Crippen LogP contribution in [0, 0.1) is 5.92 Å². The lowest BCUT2D eigenvalue weighted by Gasteiger charge is -2.10. The number of Topliss-reactive ketones (excluding diaryl/α,β-unsaturated/α-hetero) is 1. The van der Waals surface area contributed by atoms with Crippen LogP contribution in [-0.4, -0.2) is 16.9 Å². The molecule has 3 heteroatoms. The summed E-state index contributed by atoms with van der Waals surface area (Å²) in [6.45, 7) is 3.47. The highest BCUT2D eigenvalue weighted by molar-refractivity contribution is 5.94. The van der Waals surface area contributed by atoms with E-state index in [1.807, 2.05) is 19.1 Å². The van der Waals surface area contributed by atoms with Gasteiger partial charge in [0.05, 0.1) is 5.92 Å². The zero-order valence-corrected chi connectivity index (χ0v) is 9.36. The van der Waals surface area contributed by atoms with Gasteiger partial charge in [-0.2, -0.15) is 0 Å². The largest absolute Gasteiger partial charge is 0.481 e. The Labute approximate surface area is 94.1 Å². The van der Waals surface area contributed by atoms with E-state index in [0.717, 1.165) is 5.56 Å². The van der Waals surface area contributed by atoms with Gasteiger partial charge in [0.15, 0.2) is 5.78 Å². The minimum Gasteiger partial charge on any atom is -0.481 e. The summed E-state index contributed by atoms with van der Waals surface area (Å²) in [7, 11) is 0. The molecule has 0 aromatic heterocycles. The van der Waals surface area contributed by atoms with E-state index in [4.69, 9.17) is 5.11 Å². The van der Waals surface area contributed by atoms with Gasteiger partial charge in [0.25, 0.3) is 0 Å². The fraction of sp³-hybridized carbons (Fsp3) is 0.385. The predicted molar refractivity (Wildman–Crippen MR) is 59.5 cm³/mol. The monoisotopic (exact) mass is 218 g/mol. The molecular formula is C13H14O3. The van der Waals surface area contributed by atoms with Crippen LogP contribution < -0.4 is 0 Å². The van der Waals surface area contributed by atoms with Gasteiger partial charge in [-0.05, 0) is 18.9 Å². The quantitative estimate of drug-likeness (QED) is 0.791. The molecule has 0 spiro atoms. The molecule has 1 N–H and O–H groups in total. The molecule has 0 unspecified atom stereocenters. The average molecular weight is 218 g/mol. The van der Waals surface area contributed by atoms with Gasteiger partial charge in [0.2, 0.25) is 0 Å². The topological polar surface area (TPSA) is 54.4 Å². The second kappa shape index (κ2) is 3.44. The molecule has 84 valence electrons. The maximum atomic E-state index is 11.1. The summed E-state index contributed by atoms with van der Waals surface area (Å²) in [6.07, 6.45) is 0.682. The summed E-state index contributed by atoms with van der Waals surface area (Å²) >= 11 is 0. The third kappa shape index (κ3) is 1.62. The summed E-state index contributed by atoms with van der Waals surface area (Å²) in [5, 5.41) is 8.94. The second-order valence-corrected chi connectivity index (χ2v) is 4.65. The van der Waals surface area contributed by atoms with E-state index in [0.29, 0.717) is 12.0 Å². The summed E-state index contributed by atoms with van der Waals surface area (Å²) in [6, 6.07) is 7.25. The summed E-state index contributed by atoms with van der Waals surface area (Å²) in [5.74, 6) is -0.990.